The van der Waals surface area contributed by atoms with Crippen LogP contribution in [-0.2, 0) is 23.1 Å². The van der Waals surface area contributed by atoms with Crippen molar-refractivity contribution in [2.24, 2.45) is 7.05 Å². The maximum atomic E-state index is 11.8. The Balaban J connectivity index is 1.92. The fraction of sp³-hybridized carbons (Fsp3) is 0.409. The molecule has 2 heterocycles. The number of aryl methyl sites for hydroxylation is 1. The minimum Gasteiger partial charge on any atom is -0.479 e. The number of rotatable bonds is 9. The lowest BCUT2D eigenvalue weighted by Crippen LogP contribution is -2.62. The van der Waals surface area contributed by atoms with E-state index in [9.17, 15) is 25.3 Å². The van der Waals surface area contributed by atoms with Crippen LogP contribution in [0, 0.1) is 20.2 Å². The molecule has 4 rings (SSSR count). The molecule has 196 valence electrons. The van der Waals surface area contributed by atoms with E-state index in [0.717, 1.165) is 0 Å². The number of aliphatic hydroxyl groups is 1. The van der Waals surface area contributed by atoms with Gasteiger partial charge in [-0.3, -0.25) is 20.2 Å². The van der Waals surface area contributed by atoms with Crippen LogP contribution in [0.25, 0.3) is 0 Å². The van der Waals surface area contributed by atoms with Crippen molar-refractivity contribution in [1.29, 1.82) is 0 Å². The number of hydrogen-bond acceptors (Lipinski definition) is 12. The zero-order valence-electron chi connectivity index (χ0n) is 20.4. The molecule has 0 saturated heterocycles. The highest BCUT2D eigenvalue weighted by Crippen LogP contribution is 2.47. The van der Waals surface area contributed by atoms with Gasteiger partial charge >= 0.3 is 0 Å². The third-order valence-electron chi connectivity index (χ3n) is 6.22. The summed E-state index contributed by atoms with van der Waals surface area (Å²) in [4.78, 5) is 24.7. The minimum atomic E-state index is -1.47. The van der Waals surface area contributed by atoms with Crippen LogP contribution in [0.3, 0.4) is 0 Å². The summed E-state index contributed by atoms with van der Waals surface area (Å²) in [7, 11) is 4.38. The Morgan fingerprint density at radius 3 is 2.30 bits per heavy atom. The summed E-state index contributed by atoms with van der Waals surface area (Å²) < 4.78 is 17.0. The van der Waals surface area contributed by atoms with Crippen LogP contribution < -0.4 is 9.64 Å². The summed E-state index contributed by atoms with van der Waals surface area (Å²) in [5.41, 5.74) is -1.04. The molecule has 0 unspecified atom stereocenters. The van der Waals surface area contributed by atoms with E-state index in [1.54, 1.807) is 18.9 Å². The van der Waals surface area contributed by atoms with Gasteiger partial charge in [0.1, 0.15) is 11.9 Å². The van der Waals surface area contributed by atoms with Crippen LogP contribution in [0.2, 0.25) is 0 Å². The van der Waals surface area contributed by atoms with Crippen molar-refractivity contribution in [2.45, 2.75) is 37.5 Å². The van der Waals surface area contributed by atoms with E-state index in [1.165, 1.54) is 61.5 Å². The van der Waals surface area contributed by atoms with Gasteiger partial charge in [0.2, 0.25) is 0 Å². The molecule has 1 aliphatic rings. The fourth-order valence-electron chi connectivity index (χ4n) is 4.50. The molecule has 0 fully saturated rings. The van der Waals surface area contributed by atoms with Gasteiger partial charge in [-0.05, 0) is 30.3 Å². The normalized spacial score (nSPS) is 20.8. The molecule has 0 bridgehead atoms. The Hall–Kier alpha value is -4.21. The Morgan fingerprint density at radius 1 is 1.14 bits per heavy atom. The largest absolute Gasteiger partial charge is 0.479 e. The van der Waals surface area contributed by atoms with E-state index in [4.69, 9.17) is 14.2 Å². The first-order valence-corrected chi connectivity index (χ1v) is 11.0. The lowest BCUT2D eigenvalue weighted by atomic mass is 9.83. The second-order valence-corrected chi connectivity index (χ2v) is 8.55. The van der Waals surface area contributed by atoms with Gasteiger partial charge in [-0.1, -0.05) is 0 Å². The number of non-ortho nitro benzene ring substituents is 2. The highest BCUT2D eigenvalue weighted by molar-refractivity contribution is 5.57. The van der Waals surface area contributed by atoms with Gasteiger partial charge in [0.15, 0.2) is 17.7 Å². The Labute approximate surface area is 210 Å². The molecule has 15 heteroatoms. The Morgan fingerprint density at radius 2 is 1.76 bits per heavy atom. The fourth-order valence-corrected chi connectivity index (χ4v) is 4.50. The number of nitrogens with zero attached hydrogens (tertiary/aromatic N) is 7. The molecule has 2 aromatic carbocycles. The van der Waals surface area contributed by atoms with Crippen molar-refractivity contribution in [3.05, 3.63) is 74.1 Å². The number of nitro groups is 2. The third-order valence-corrected chi connectivity index (χ3v) is 6.22. The van der Waals surface area contributed by atoms with Crippen molar-refractivity contribution >= 4 is 17.1 Å². The van der Waals surface area contributed by atoms with E-state index in [2.05, 4.69) is 15.4 Å². The summed E-state index contributed by atoms with van der Waals surface area (Å²) in [6, 6.07) is 8.73. The lowest BCUT2D eigenvalue weighted by molar-refractivity contribution is -0.385. The predicted molar refractivity (Wildman–Crippen MR) is 127 cm³/mol. The predicted octanol–water partition coefficient (Wildman–Crippen LogP) is 1.91. The van der Waals surface area contributed by atoms with E-state index in [1.807, 2.05) is 0 Å². The molecule has 1 aliphatic heterocycles. The lowest BCUT2D eigenvalue weighted by Gasteiger charge is -2.49. The first kappa shape index (κ1) is 25.9. The van der Waals surface area contributed by atoms with Crippen LogP contribution in [-0.4, -0.2) is 67.4 Å². The molecule has 37 heavy (non-hydrogen) atoms. The Kier molecular flexibility index (Phi) is 7.02. The number of methoxy groups -OCH3 is 2. The second-order valence-electron chi connectivity index (χ2n) is 8.55. The molecule has 3 aromatic rings. The van der Waals surface area contributed by atoms with Crippen molar-refractivity contribution in [3.8, 4) is 5.75 Å². The van der Waals surface area contributed by atoms with E-state index < -0.39 is 33.9 Å². The number of benzene rings is 2. The number of hydrogen-bond donors (Lipinski definition) is 1. The highest BCUT2D eigenvalue weighted by atomic mass is 16.7. The molecule has 0 amide bonds. The van der Waals surface area contributed by atoms with Crippen molar-refractivity contribution in [3.63, 3.8) is 0 Å². The molecule has 0 radical (unpaired) electrons. The number of aromatic nitrogens is 4. The van der Waals surface area contributed by atoms with Crippen LogP contribution in [0.1, 0.15) is 24.4 Å². The number of fused-ring (bicyclic) bond motifs is 1. The summed E-state index contributed by atoms with van der Waals surface area (Å²) >= 11 is 0. The summed E-state index contributed by atoms with van der Waals surface area (Å²) in [5, 5.41) is 46.7. The molecule has 15 nitrogen and oxygen atoms in total. The van der Waals surface area contributed by atoms with Crippen molar-refractivity contribution < 1.29 is 29.2 Å². The van der Waals surface area contributed by atoms with E-state index in [-0.39, 0.29) is 29.5 Å². The minimum absolute atomic E-state index is 0.00375. The zero-order valence-corrected chi connectivity index (χ0v) is 20.4. The molecule has 1 aromatic heterocycles. The molecular formula is C22H25N7O8. The maximum Gasteiger partial charge on any atom is 0.270 e. The second kappa shape index (κ2) is 10.0. The van der Waals surface area contributed by atoms with E-state index in [0.29, 0.717) is 11.3 Å². The zero-order chi connectivity index (χ0) is 26.9. The van der Waals surface area contributed by atoms with Crippen molar-refractivity contribution in [2.75, 3.05) is 19.1 Å². The molecular weight excluding hydrogens is 490 g/mol. The Bertz CT molecular complexity index is 1300. The quantitative estimate of drug-likeness (QED) is 0.249. The number of nitro benzene ring substituents is 2. The molecule has 3 atom stereocenters. The number of tetrazole rings is 1. The third kappa shape index (κ3) is 4.78. The summed E-state index contributed by atoms with van der Waals surface area (Å²) in [6.45, 7) is 1.59. The summed E-state index contributed by atoms with van der Waals surface area (Å²) in [6.07, 6.45) is -2.40. The van der Waals surface area contributed by atoms with Gasteiger partial charge in [0.05, 0.1) is 29.5 Å². The maximum absolute atomic E-state index is 11.8. The summed E-state index contributed by atoms with van der Waals surface area (Å²) in [5.74, 6) is 0.546. The van der Waals surface area contributed by atoms with Crippen molar-refractivity contribution in [1.82, 2.24) is 20.2 Å². The first-order valence-electron chi connectivity index (χ1n) is 11.0. The van der Waals surface area contributed by atoms with Gasteiger partial charge in [-0.2, -0.15) is 4.80 Å². The van der Waals surface area contributed by atoms with Crippen LogP contribution in [0.5, 0.6) is 5.75 Å². The average Bonchev–Trinajstić information content (AvgIpc) is 3.29. The molecule has 0 spiro atoms. The highest BCUT2D eigenvalue weighted by Gasteiger charge is 2.54. The van der Waals surface area contributed by atoms with Gasteiger partial charge < -0.3 is 24.2 Å². The molecule has 0 aliphatic carbocycles. The number of anilines is 1. The average molecular weight is 515 g/mol. The smallest absolute Gasteiger partial charge is 0.270 e. The monoisotopic (exact) mass is 515 g/mol. The van der Waals surface area contributed by atoms with Gasteiger partial charge in [-0.15, -0.1) is 10.2 Å². The SMILES string of the molecule is COC(OC)[C@]1(C)Oc2ccc([N+](=O)[O-])cc2[C@@H](N(Cc2nnn(C)n2)c2ccc([N+](=O)[O-])cc2)[C@@H]1O. The molecule has 1 N–H and O–H groups in total. The topological polar surface area (TPSA) is 181 Å². The number of aliphatic hydroxyl groups excluding tert-OH is 1. The van der Waals surface area contributed by atoms with Gasteiger partial charge in [-0.25, -0.2) is 0 Å². The van der Waals surface area contributed by atoms with Crippen LogP contribution in [0.15, 0.2) is 42.5 Å². The standard InChI is InChI=1S/C22H25N7O8/c1-22(21(35-3)36-4)20(30)19(16-11-15(29(33)34)9-10-17(16)37-22)27(12-18-23-25-26(2)24-18)13-5-7-14(8-6-13)28(31)32/h5-11,19-21,30H,12H2,1-4H3/t19-,20+,22-/m1/s1. The van der Waals surface area contributed by atoms with Crippen LogP contribution >= 0.6 is 0 Å². The first-order chi connectivity index (χ1) is 17.6. The van der Waals surface area contributed by atoms with Crippen LogP contribution in [0.4, 0.5) is 17.1 Å². The number of ether oxygens (including phenoxy) is 3. The van der Waals surface area contributed by atoms with E-state index >= 15 is 0 Å². The molecule has 0 saturated carbocycles. The van der Waals surface area contributed by atoms with Gasteiger partial charge in [0.25, 0.3) is 11.4 Å². The van der Waals surface area contributed by atoms with Gasteiger partial charge in [0, 0.05) is 49.7 Å².